The first kappa shape index (κ1) is 14.3. The molecule has 2 N–H and O–H groups in total. The van der Waals surface area contributed by atoms with Gasteiger partial charge in [-0.05, 0) is 31.2 Å². The number of aromatic hydroxyl groups is 1. The van der Waals surface area contributed by atoms with E-state index in [-0.39, 0.29) is 11.7 Å². The van der Waals surface area contributed by atoms with Crippen molar-refractivity contribution >= 4 is 33.5 Å². The minimum Gasteiger partial charge on any atom is -0.506 e. The van der Waals surface area contributed by atoms with E-state index in [1.165, 1.54) is 17.6 Å². The van der Waals surface area contributed by atoms with Crippen molar-refractivity contribution in [3.8, 4) is 5.75 Å². The van der Waals surface area contributed by atoms with E-state index in [9.17, 15) is 9.90 Å². The predicted molar refractivity (Wildman–Crippen MR) is 89.7 cm³/mol. The van der Waals surface area contributed by atoms with E-state index in [1.807, 2.05) is 43.3 Å². The lowest BCUT2D eigenvalue weighted by Gasteiger charge is -1.99. The van der Waals surface area contributed by atoms with Crippen LogP contribution < -0.4 is 5.43 Å². The van der Waals surface area contributed by atoms with Crippen molar-refractivity contribution in [1.82, 2.24) is 5.43 Å². The molecule has 110 valence electrons. The number of thiophene rings is 1. The summed E-state index contributed by atoms with van der Waals surface area (Å²) in [4.78, 5) is 12.5. The van der Waals surface area contributed by atoms with E-state index < -0.39 is 0 Å². The fourth-order valence-electron chi connectivity index (χ4n) is 2.06. The standard InChI is InChI=1S/C17H14N2O2S/c1-11-6-8-12(9-7-11)17(21)19-18-10-15-16(20)13-4-2-3-5-14(13)22-15/h2-10,20H,1H3,(H,19,21). The Morgan fingerprint density at radius 3 is 2.64 bits per heavy atom. The molecular formula is C17H14N2O2S. The summed E-state index contributed by atoms with van der Waals surface area (Å²) in [5.41, 5.74) is 4.10. The van der Waals surface area contributed by atoms with Crippen molar-refractivity contribution in [2.75, 3.05) is 0 Å². The molecule has 0 fully saturated rings. The summed E-state index contributed by atoms with van der Waals surface area (Å²) in [6.07, 6.45) is 1.46. The minimum absolute atomic E-state index is 0.189. The average Bonchev–Trinajstić information content (AvgIpc) is 2.85. The number of nitrogens with one attached hydrogen (secondary N) is 1. The van der Waals surface area contributed by atoms with Gasteiger partial charge in [-0.1, -0.05) is 29.8 Å². The summed E-state index contributed by atoms with van der Waals surface area (Å²) in [5, 5.41) is 14.8. The maximum absolute atomic E-state index is 11.9. The van der Waals surface area contributed by atoms with Gasteiger partial charge in [-0.25, -0.2) is 5.43 Å². The number of hydrazone groups is 1. The van der Waals surface area contributed by atoms with E-state index >= 15 is 0 Å². The van der Waals surface area contributed by atoms with Crippen molar-refractivity contribution in [2.45, 2.75) is 6.92 Å². The van der Waals surface area contributed by atoms with Gasteiger partial charge in [0.25, 0.3) is 5.91 Å². The van der Waals surface area contributed by atoms with Gasteiger partial charge < -0.3 is 5.11 Å². The van der Waals surface area contributed by atoms with Gasteiger partial charge in [-0.3, -0.25) is 4.79 Å². The number of hydrogen-bond acceptors (Lipinski definition) is 4. The van der Waals surface area contributed by atoms with Crippen molar-refractivity contribution in [1.29, 1.82) is 0 Å². The summed E-state index contributed by atoms with van der Waals surface area (Å²) < 4.78 is 0.978. The molecule has 0 aliphatic rings. The van der Waals surface area contributed by atoms with E-state index in [1.54, 1.807) is 12.1 Å². The van der Waals surface area contributed by atoms with Crippen LogP contribution in [0.1, 0.15) is 20.8 Å². The fraction of sp³-hybridized carbons (Fsp3) is 0.0588. The highest BCUT2D eigenvalue weighted by molar-refractivity contribution is 7.21. The van der Waals surface area contributed by atoms with E-state index in [4.69, 9.17) is 0 Å². The highest BCUT2D eigenvalue weighted by Crippen LogP contribution is 2.35. The minimum atomic E-state index is -0.281. The number of hydrogen-bond donors (Lipinski definition) is 2. The smallest absolute Gasteiger partial charge is 0.271 e. The summed E-state index contributed by atoms with van der Waals surface area (Å²) in [7, 11) is 0. The number of fused-ring (bicyclic) bond motifs is 1. The molecule has 0 saturated heterocycles. The van der Waals surface area contributed by atoms with Crippen LogP contribution in [0.4, 0.5) is 0 Å². The lowest BCUT2D eigenvalue weighted by Crippen LogP contribution is -2.17. The molecule has 3 rings (SSSR count). The number of carbonyl (C=O) groups is 1. The molecule has 0 unspecified atom stereocenters. The van der Waals surface area contributed by atoms with Gasteiger partial charge in [0.05, 0.1) is 11.1 Å². The molecule has 1 heterocycles. The van der Waals surface area contributed by atoms with Crippen LogP contribution in [0.2, 0.25) is 0 Å². The molecule has 3 aromatic rings. The molecule has 1 amide bonds. The molecule has 0 aliphatic carbocycles. The lowest BCUT2D eigenvalue weighted by molar-refractivity contribution is 0.0955. The molecule has 0 saturated carbocycles. The van der Waals surface area contributed by atoms with Gasteiger partial charge in [0.15, 0.2) is 0 Å². The Balaban J connectivity index is 1.74. The maximum atomic E-state index is 11.9. The van der Waals surface area contributed by atoms with Crippen molar-refractivity contribution in [3.05, 3.63) is 64.5 Å². The number of aryl methyl sites for hydroxylation is 1. The first-order valence-corrected chi connectivity index (χ1v) is 7.57. The molecule has 0 atom stereocenters. The molecule has 22 heavy (non-hydrogen) atoms. The number of nitrogens with zero attached hydrogens (tertiary/aromatic N) is 1. The number of carbonyl (C=O) groups excluding carboxylic acids is 1. The molecule has 2 aromatic carbocycles. The van der Waals surface area contributed by atoms with Crippen molar-refractivity contribution in [2.24, 2.45) is 5.10 Å². The highest BCUT2D eigenvalue weighted by atomic mass is 32.1. The molecule has 5 heteroatoms. The van der Waals surface area contributed by atoms with Crippen LogP contribution in [0.15, 0.2) is 53.6 Å². The Bertz CT molecular complexity index is 851. The van der Waals surface area contributed by atoms with Crippen molar-refractivity contribution < 1.29 is 9.90 Å². The van der Waals surface area contributed by atoms with Crippen LogP contribution in [0.5, 0.6) is 5.75 Å². The molecule has 0 spiro atoms. The Morgan fingerprint density at radius 1 is 1.18 bits per heavy atom. The molecule has 0 radical (unpaired) electrons. The summed E-state index contributed by atoms with van der Waals surface area (Å²) in [6.45, 7) is 1.96. The molecule has 0 bridgehead atoms. The quantitative estimate of drug-likeness (QED) is 0.572. The average molecular weight is 310 g/mol. The third-order valence-electron chi connectivity index (χ3n) is 3.26. The second-order valence-electron chi connectivity index (χ2n) is 4.88. The number of benzene rings is 2. The second kappa shape index (κ2) is 5.99. The van der Waals surface area contributed by atoms with Crippen LogP contribution in [-0.4, -0.2) is 17.2 Å². The Labute approximate surface area is 131 Å². The molecule has 4 nitrogen and oxygen atoms in total. The molecule has 0 aliphatic heterocycles. The van der Waals surface area contributed by atoms with Crippen LogP contribution in [-0.2, 0) is 0 Å². The monoisotopic (exact) mass is 310 g/mol. The summed E-state index contributed by atoms with van der Waals surface area (Å²) in [6, 6.07) is 14.8. The Morgan fingerprint density at radius 2 is 1.91 bits per heavy atom. The van der Waals surface area contributed by atoms with Gasteiger partial charge in [0.1, 0.15) is 5.75 Å². The predicted octanol–water partition coefficient (Wildman–Crippen LogP) is 3.68. The third-order valence-corrected chi connectivity index (χ3v) is 4.35. The Kier molecular flexibility index (Phi) is 3.89. The first-order valence-electron chi connectivity index (χ1n) is 6.76. The highest BCUT2D eigenvalue weighted by Gasteiger charge is 2.09. The zero-order valence-electron chi connectivity index (χ0n) is 11.9. The topological polar surface area (TPSA) is 61.7 Å². The first-order chi connectivity index (χ1) is 10.6. The normalized spacial score (nSPS) is 11.1. The van der Waals surface area contributed by atoms with Crippen molar-refractivity contribution in [3.63, 3.8) is 0 Å². The van der Waals surface area contributed by atoms with Crippen LogP contribution in [0.25, 0.3) is 10.1 Å². The van der Waals surface area contributed by atoms with Gasteiger partial charge in [0.2, 0.25) is 0 Å². The molecular weight excluding hydrogens is 296 g/mol. The number of rotatable bonds is 3. The zero-order chi connectivity index (χ0) is 15.5. The van der Waals surface area contributed by atoms with Gasteiger partial charge in [-0.2, -0.15) is 5.10 Å². The maximum Gasteiger partial charge on any atom is 0.271 e. The zero-order valence-corrected chi connectivity index (χ0v) is 12.7. The Hall–Kier alpha value is -2.66. The van der Waals surface area contributed by atoms with Gasteiger partial charge >= 0.3 is 0 Å². The largest absolute Gasteiger partial charge is 0.506 e. The number of amides is 1. The lowest BCUT2D eigenvalue weighted by atomic mass is 10.1. The van der Waals surface area contributed by atoms with Gasteiger partial charge in [0, 0.05) is 15.6 Å². The fourth-order valence-corrected chi connectivity index (χ4v) is 3.03. The third kappa shape index (κ3) is 2.84. The van der Waals surface area contributed by atoms with Crippen LogP contribution in [0.3, 0.4) is 0 Å². The molecule has 1 aromatic heterocycles. The summed E-state index contributed by atoms with van der Waals surface area (Å²) >= 11 is 1.42. The second-order valence-corrected chi connectivity index (χ2v) is 5.96. The van der Waals surface area contributed by atoms with E-state index in [0.29, 0.717) is 10.4 Å². The van der Waals surface area contributed by atoms with E-state index in [0.717, 1.165) is 15.6 Å². The van der Waals surface area contributed by atoms with Gasteiger partial charge in [-0.15, -0.1) is 11.3 Å². The summed E-state index contributed by atoms with van der Waals surface area (Å²) in [5.74, 6) is -0.0919. The van der Waals surface area contributed by atoms with E-state index in [2.05, 4.69) is 10.5 Å². The van der Waals surface area contributed by atoms with Crippen LogP contribution >= 0.6 is 11.3 Å². The van der Waals surface area contributed by atoms with Crippen LogP contribution in [0, 0.1) is 6.92 Å². The SMILES string of the molecule is Cc1ccc(C(=O)NN=Cc2sc3ccccc3c2O)cc1.